The van der Waals surface area contributed by atoms with Crippen molar-refractivity contribution < 1.29 is 14.7 Å². The van der Waals surface area contributed by atoms with Gasteiger partial charge in [-0.05, 0) is 18.2 Å². The van der Waals surface area contributed by atoms with E-state index < -0.39 is 5.97 Å². The highest BCUT2D eigenvalue weighted by molar-refractivity contribution is 5.95. The van der Waals surface area contributed by atoms with Gasteiger partial charge in [0.1, 0.15) is 0 Å². The van der Waals surface area contributed by atoms with E-state index in [-0.39, 0.29) is 17.4 Å². The standard InChI is InChI=1S/C11H12N2O3/c14-10(8-5-12-6-8)13-9-3-1-2-7(4-9)11(15)16/h1-4,8,12H,5-6H2,(H,13,14)(H,15,16). The Morgan fingerprint density at radius 3 is 2.69 bits per heavy atom. The maximum Gasteiger partial charge on any atom is 0.335 e. The SMILES string of the molecule is O=C(O)c1cccc(NC(=O)C2CNC2)c1. The Hall–Kier alpha value is -1.88. The summed E-state index contributed by atoms with van der Waals surface area (Å²) in [6, 6.07) is 6.23. The van der Waals surface area contributed by atoms with E-state index in [0.29, 0.717) is 18.8 Å². The molecule has 1 heterocycles. The topological polar surface area (TPSA) is 78.4 Å². The Morgan fingerprint density at radius 2 is 2.12 bits per heavy atom. The summed E-state index contributed by atoms with van der Waals surface area (Å²) in [7, 11) is 0. The van der Waals surface area contributed by atoms with Crippen LogP contribution in [-0.2, 0) is 4.79 Å². The van der Waals surface area contributed by atoms with E-state index in [9.17, 15) is 9.59 Å². The first kappa shape index (κ1) is 10.6. The number of amides is 1. The number of benzene rings is 1. The molecule has 84 valence electrons. The Morgan fingerprint density at radius 1 is 1.38 bits per heavy atom. The first-order valence-electron chi connectivity index (χ1n) is 5.02. The molecule has 16 heavy (non-hydrogen) atoms. The molecule has 3 N–H and O–H groups in total. The summed E-state index contributed by atoms with van der Waals surface area (Å²) in [5.74, 6) is -1.07. The lowest BCUT2D eigenvalue weighted by Crippen LogP contribution is -2.48. The summed E-state index contributed by atoms with van der Waals surface area (Å²) in [5, 5.41) is 14.5. The molecule has 0 atom stereocenters. The predicted molar refractivity (Wildman–Crippen MR) is 58.4 cm³/mol. The molecule has 1 amide bonds. The van der Waals surface area contributed by atoms with Crippen LogP contribution >= 0.6 is 0 Å². The van der Waals surface area contributed by atoms with E-state index >= 15 is 0 Å². The van der Waals surface area contributed by atoms with Crippen molar-refractivity contribution in [3.05, 3.63) is 29.8 Å². The molecule has 0 unspecified atom stereocenters. The average Bonchev–Trinajstić information content (AvgIpc) is 2.15. The molecule has 0 bridgehead atoms. The Labute approximate surface area is 92.5 Å². The molecule has 0 aliphatic carbocycles. The summed E-state index contributed by atoms with van der Waals surface area (Å²) in [5.41, 5.74) is 0.696. The second-order valence-corrected chi connectivity index (χ2v) is 3.73. The fraction of sp³-hybridized carbons (Fsp3) is 0.273. The molecule has 5 nitrogen and oxygen atoms in total. The van der Waals surface area contributed by atoms with Crippen molar-refractivity contribution in [2.75, 3.05) is 18.4 Å². The number of anilines is 1. The number of carbonyl (C=O) groups excluding carboxylic acids is 1. The van der Waals surface area contributed by atoms with Crippen LogP contribution in [-0.4, -0.2) is 30.1 Å². The van der Waals surface area contributed by atoms with E-state index in [1.165, 1.54) is 12.1 Å². The van der Waals surface area contributed by atoms with Gasteiger partial charge in [0.25, 0.3) is 0 Å². The number of carboxylic acid groups (broad SMARTS) is 1. The third-order valence-electron chi connectivity index (χ3n) is 2.53. The van der Waals surface area contributed by atoms with Gasteiger partial charge >= 0.3 is 5.97 Å². The summed E-state index contributed by atoms with van der Waals surface area (Å²) < 4.78 is 0. The first-order valence-corrected chi connectivity index (χ1v) is 5.02. The molecule has 5 heteroatoms. The summed E-state index contributed by atoms with van der Waals surface area (Å²) in [6.45, 7) is 1.37. The van der Waals surface area contributed by atoms with Gasteiger partial charge in [-0.2, -0.15) is 0 Å². The molecule has 1 aliphatic rings. The second-order valence-electron chi connectivity index (χ2n) is 3.73. The lowest BCUT2D eigenvalue weighted by Gasteiger charge is -2.25. The summed E-state index contributed by atoms with van der Waals surface area (Å²) >= 11 is 0. The number of aromatic carboxylic acids is 1. The number of hydrogen-bond donors (Lipinski definition) is 3. The number of hydrogen-bond acceptors (Lipinski definition) is 3. The fourth-order valence-electron chi connectivity index (χ4n) is 1.45. The Balaban J connectivity index is 2.05. The van der Waals surface area contributed by atoms with E-state index in [4.69, 9.17) is 5.11 Å². The van der Waals surface area contributed by atoms with E-state index in [0.717, 1.165) is 0 Å². The van der Waals surface area contributed by atoms with Gasteiger partial charge in [-0.15, -0.1) is 0 Å². The monoisotopic (exact) mass is 220 g/mol. The minimum absolute atomic E-state index is 0.00603. The molecule has 0 aromatic heterocycles. The zero-order valence-electron chi connectivity index (χ0n) is 8.56. The molecule has 1 aliphatic heterocycles. The van der Waals surface area contributed by atoms with Crippen molar-refractivity contribution in [2.24, 2.45) is 5.92 Å². The highest BCUT2D eigenvalue weighted by Gasteiger charge is 2.24. The Kier molecular flexibility index (Phi) is 2.87. The molecule has 1 aromatic carbocycles. The van der Waals surface area contributed by atoms with Crippen molar-refractivity contribution in [3.8, 4) is 0 Å². The molecule has 0 saturated carbocycles. The smallest absolute Gasteiger partial charge is 0.335 e. The van der Waals surface area contributed by atoms with Crippen molar-refractivity contribution in [1.29, 1.82) is 0 Å². The molecule has 2 rings (SSSR count). The van der Waals surface area contributed by atoms with Gasteiger partial charge in [0.2, 0.25) is 5.91 Å². The first-order chi connectivity index (χ1) is 7.66. The maximum absolute atomic E-state index is 11.6. The van der Waals surface area contributed by atoms with Gasteiger partial charge in [-0.3, -0.25) is 4.79 Å². The van der Waals surface area contributed by atoms with Crippen molar-refractivity contribution >= 4 is 17.6 Å². The highest BCUT2D eigenvalue weighted by atomic mass is 16.4. The minimum Gasteiger partial charge on any atom is -0.478 e. The lowest BCUT2D eigenvalue weighted by molar-refractivity contribution is -0.121. The molecule has 1 fully saturated rings. The van der Waals surface area contributed by atoms with E-state index in [2.05, 4.69) is 10.6 Å². The number of carbonyl (C=O) groups is 2. The molecule has 1 saturated heterocycles. The largest absolute Gasteiger partial charge is 0.478 e. The van der Waals surface area contributed by atoms with Crippen LogP contribution in [0.3, 0.4) is 0 Å². The third kappa shape index (κ3) is 2.20. The molecule has 1 aromatic rings. The van der Waals surface area contributed by atoms with Gasteiger partial charge in [0, 0.05) is 18.8 Å². The molecular weight excluding hydrogens is 208 g/mol. The van der Waals surface area contributed by atoms with E-state index in [1.807, 2.05) is 0 Å². The molecule has 0 radical (unpaired) electrons. The van der Waals surface area contributed by atoms with Crippen LogP contribution < -0.4 is 10.6 Å². The number of rotatable bonds is 3. The summed E-state index contributed by atoms with van der Waals surface area (Å²) in [6.07, 6.45) is 0. The predicted octanol–water partition coefficient (Wildman–Crippen LogP) is 0.543. The summed E-state index contributed by atoms with van der Waals surface area (Å²) in [4.78, 5) is 22.3. The average molecular weight is 220 g/mol. The van der Waals surface area contributed by atoms with Crippen LogP contribution in [0.25, 0.3) is 0 Å². The van der Waals surface area contributed by atoms with Crippen molar-refractivity contribution in [2.45, 2.75) is 0 Å². The van der Waals surface area contributed by atoms with Crippen LogP contribution in [0.4, 0.5) is 5.69 Å². The minimum atomic E-state index is -0.999. The highest BCUT2D eigenvalue weighted by Crippen LogP contribution is 2.13. The van der Waals surface area contributed by atoms with Crippen LogP contribution in [0.1, 0.15) is 10.4 Å². The number of nitrogens with one attached hydrogen (secondary N) is 2. The second kappa shape index (κ2) is 4.32. The van der Waals surface area contributed by atoms with Crippen LogP contribution in [0.2, 0.25) is 0 Å². The van der Waals surface area contributed by atoms with Gasteiger partial charge in [-0.25, -0.2) is 4.79 Å². The van der Waals surface area contributed by atoms with Gasteiger partial charge in [0.15, 0.2) is 0 Å². The quantitative estimate of drug-likeness (QED) is 0.694. The Bertz CT molecular complexity index is 427. The van der Waals surface area contributed by atoms with Gasteiger partial charge in [-0.1, -0.05) is 6.07 Å². The zero-order chi connectivity index (χ0) is 11.5. The van der Waals surface area contributed by atoms with E-state index in [1.54, 1.807) is 12.1 Å². The van der Waals surface area contributed by atoms with Crippen LogP contribution in [0, 0.1) is 5.92 Å². The fourth-order valence-corrected chi connectivity index (χ4v) is 1.45. The molecule has 0 spiro atoms. The lowest BCUT2D eigenvalue weighted by atomic mass is 10.0. The third-order valence-corrected chi connectivity index (χ3v) is 2.53. The van der Waals surface area contributed by atoms with Gasteiger partial charge in [0.05, 0.1) is 11.5 Å². The van der Waals surface area contributed by atoms with Crippen LogP contribution in [0.15, 0.2) is 24.3 Å². The van der Waals surface area contributed by atoms with Crippen LogP contribution in [0.5, 0.6) is 0 Å². The normalized spacial score (nSPS) is 15.2. The van der Waals surface area contributed by atoms with Crippen molar-refractivity contribution in [3.63, 3.8) is 0 Å². The zero-order valence-corrected chi connectivity index (χ0v) is 8.56. The van der Waals surface area contributed by atoms with Gasteiger partial charge < -0.3 is 15.7 Å². The molecular formula is C11H12N2O3. The van der Waals surface area contributed by atoms with Crippen molar-refractivity contribution in [1.82, 2.24) is 5.32 Å². The number of carboxylic acids is 1. The maximum atomic E-state index is 11.6.